The van der Waals surface area contributed by atoms with E-state index >= 15 is 0 Å². The summed E-state index contributed by atoms with van der Waals surface area (Å²) >= 11 is 12.3. The van der Waals surface area contributed by atoms with Gasteiger partial charge in [-0.15, -0.1) is 0 Å². The third-order valence-corrected chi connectivity index (χ3v) is 5.14. The van der Waals surface area contributed by atoms with Gasteiger partial charge in [0.1, 0.15) is 0 Å². The zero-order chi connectivity index (χ0) is 14.7. The number of rotatable bonds is 4. The fourth-order valence-electron chi connectivity index (χ4n) is 2.19. The standard InChI is InChI=1S/C16H16BrClIN/c1-10-3-4-11(14(18)7-10)8-16(20-2)13-9-12(17)5-6-15(13)19/h3-7,9,16,20H,8H2,1-2H3. The van der Waals surface area contributed by atoms with Crippen molar-refractivity contribution < 1.29 is 0 Å². The number of likely N-dealkylation sites (N-methyl/N-ethyl adjacent to an activating group) is 1. The van der Waals surface area contributed by atoms with Crippen LogP contribution >= 0.6 is 50.1 Å². The molecule has 0 saturated heterocycles. The molecule has 0 heterocycles. The van der Waals surface area contributed by atoms with E-state index in [-0.39, 0.29) is 6.04 Å². The van der Waals surface area contributed by atoms with E-state index < -0.39 is 0 Å². The first-order valence-electron chi connectivity index (χ1n) is 6.38. The van der Waals surface area contributed by atoms with E-state index in [1.165, 1.54) is 20.3 Å². The normalized spacial score (nSPS) is 12.4. The Kier molecular flexibility index (Phi) is 5.90. The zero-order valence-electron chi connectivity index (χ0n) is 11.4. The molecule has 4 heteroatoms. The lowest BCUT2D eigenvalue weighted by atomic mass is 9.98. The van der Waals surface area contributed by atoms with Crippen LogP contribution < -0.4 is 5.32 Å². The predicted octanol–water partition coefficient (Wildman–Crippen LogP) is 5.52. The van der Waals surface area contributed by atoms with E-state index in [4.69, 9.17) is 11.6 Å². The molecule has 0 fully saturated rings. The van der Waals surface area contributed by atoms with Gasteiger partial charge >= 0.3 is 0 Å². The lowest BCUT2D eigenvalue weighted by molar-refractivity contribution is 0.589. The van der Waals surface area contributed by atoms with Crippen molar-refractivity contribution in [2.75, 3.05) is 7.05 Å². The molecule has 1 nitrogen and oxygen atoms in total. The van der Waals surface area contributed by atoms with Crippen LogP contribution in [-0.2, 0) is 6.42 Å². The Morgan fingerprint density at radius 3 is 2.65 bits per heavy atom. The van der Waals surface area contributed by atoms with Crippen LogP contribution in [-0.4, -0.2) is 7.05 Å². The summed E-state index contributed by atoms with van der Waals surface area (Å²) in [6.45, 7) is 2.06. The van der Waals surface area contributed by atoms with Crippen molar-refractivity contribution in [3.05, 3.63) is 66.2 Å². The molecule has 0 aromatic heterocycles. The summed E-state index contributed by atoms with van der Waals surface area (Å²) in [5, 5.41) is 4.24. The van der Waals surface area contributed by atoms with Crippen LogP contribution in [0.3, 0.4) is 0 Å². The third kappa shape index (κ3) is 3.97. The number of aryl methyl sites for hydroxylation is 1. The first kappa shape index (κ1) is 16.3. The Bertz CT molecular complexity index is 615. The average Bonchev–Trinajstić information content (AvgIpc) is 2.41. The van der Waals surface area contributed by atoms with Crippen molar-refractivity contribution in [1.82, 2.24) is 5.32 Å². The van der Waals surface area contributed by atoms with Crippen molar-refractivity contribution in [2.24, 2.45) is 0 Å². The molecule has 1 atom stereocenters. The zero-order valence-corrected chi connectivity index (χ0v) is 15.9. The fraction of sp³-hybridized carbons (Fsp3) is 0.250. The molecule has 2 rings (SSSR count). The summed E-state index contributed by atoms with van der Waals surface area (Å²) in [6.07, 6.45) is 0.877. The predicted molar refractivity (Wildman–Crippen MR) is 98.6 cm³/mol. The van der Waals surface area contributed by atoms with Crippen LogP contribution in [0.2, 0.25) is 5.02 Å². The number of halogens is 3. The molecule has 0 saturated carbocycles. The summed E-state index contributed by atoms with van der Waals surface area (Å²) in [5.41, 5.74) is 3.66. The van der Waals surface area contributed by atoms with Crippen LogP contribution in [0.1, 0.15) is 22.7 Å². The SMILES string of the molecule is CNC(Cc1ccc(C)cc1Cl)c1cc(Br)ccc1I. The Balaban J connectivity index is 2.31. The second-order valence-electron chi connectivity index (χ2n) is 4.81. The highest BCUT2D eigenvalue weighted by molar-refractivity contribution is 14.1. The van der Waals surface area contributed by atoms with Crippen molar-refractivity contribution in [1.29, 1.82) is 0 Å². The molecular formula is C16H16BrClIN. The Hall–Kier alpha value is -0.100. The lowest BCUT2D eigenvalue weighted by Crippen LogP contribution is -2.20. The molecule has 0 bridgehead atoms. The van der Waals surface area contributed by atoms with Crippen molar-refractivity contribution in [3.8, 4) is 0 Å². The Labute approximate surface area is 147 Å². The minimum atomic E-state index is 0.250. The highest BCUT2D eigenvalue weighted by Crippen LogP contribution is 2.29. The molecule has 0 radical (unpaired) electrons. The Morgan fingerprint density at radius 1 is 1.25 bits per heavy atom. The molecule has 0 amide bonds. The van der Waals surface area contributed by atoms with E-state index in [0.29, 0.717) is 0 Å². The van der Waals surface area contributed by atoms with E-state index in [1.54, 1.807) is 0 Å². The molecule has 0 aliphatic heterocycles. The largest absolute Gasteiger partial charge is 0.313 e. The monoisotopic (exact) mass is 463 g/mol. The van der Waals surface area contributed by atoms with Gasteiger partial charge in [-0.05, 0) is 83.9 Å². The van der Waals surface area contributed by atoms with Crippen molar-refractivity contribution in [2.45, 2.75) is 19.4 Å². The minimum absolute atomic E-state index is 0.250. The van der Waals surface area contributed by atoms with Crippen LogP contribution in [0.4, 0.5) is 0 Å². The van der Waals surface area contributed by atoms with E-state index in [2.05, 4.69) is 81.1 Å². The number of nitrogens with one attached hydrogen (secondary N) is 1. The summed E-state index contributed by atoms with van der Waals surface area (Å²) in [6, 6.07) is 12.9. The lowest BCUT2D eigenvalue weighted by Gasteiger charge is -2.19. The highest BCUT2D eigenvalue weighted by Gasteiger charge is 2.15. The van der Waals surface area contributed by atoms with Crippen LogP contribution in [0, 0.1) is 10.5 Å². The number of hydrogen-bond donors (Lipinski definition) is 1. The molecule has 2 aromatic carbocycles. The molecule has 0 spiro atoms. The molecular weight excluding hydrogens is 448 g/mol. The second kappa shape index (κ2) is 7.25. The average molecular weight is 465 g/mol. The first-order chi connectivity index (χ1) is 9.51. The molecule has 106 valence electrons. The van der Waals surface area contributed by atoms with Gasteiger partial charge in [0.15, 0.2) is 0 Å². The van der Waals surface area contributed by atoms with Gasteiger partial charge in [0.25, 0.3) is 0 Å². The second-order valence-corrected chi connectivity index (χ2v) is 7.29. The van der Waals surface area contributed by atoms with Crippen molar-refractivity contribution in [3.63, 3.8) is 0 Å². The van der Waals surface area contributed by atoms with Gasteiger partial charge in [-0.25, -0.2) is 0 Å². The first-order valence-corrected chi connectivity index (χ1v) is 8.63. The molecule has 0 aliphatic carbocycles. The highest BCUT2D eigenvalue weighted by atomic mass is 127. The molecule has 0 aliphatic rings. The maximum atomic E-state index is 6.35. The van der Waals surface area contributed by atoms with Gasteiger partial charge in [0.2, 0.25) is 0 Å². The molecule has 2 aromatic rings. The maximum absolute atomic E-state index is 6.35. The van der Waals surface area contributed by atoms with Crippen LogP contribution in [0.15, 0.2) is 40.9 Å². The minimum Gasteiger partial charge on any atom is -0.313 e. The molecule has 1 unspecified atom stereocenters. The van der Waals surface area contributed by atoms with Gasteiger partial charge in [0, 0.05) is 19.1 Å². The third-order valence-electron chi connectivity index (χ3n) is 3.31. The van der Waals surface area contributed by atoms with Crippen LogP contribution in [0.25, 0.3) is 0 Å². The quantitative estimate of drug-likeness (QED) is 0.588. The summed E-state index contributed by atoms with van der Waals surface area (Å²) in [4.78, 5) is 0. The fourth-order valence-corrected chi connectivity index (χ4v) is 3.59. The van der Waals surface area contributed by atoms with Gasteiger partial charge in [0.05, 0.1) is 0 Å². The molecule has 1 N–H and O–H groups in total. The summed E-state index contributed by atoms with van der Waals surface area (Å²) in [7, 11) is 1.99. The van der Waals surface area contributed by atoms with Crippen LogP contribution in [0.5, 0.6) is 0 Å². The van der Waals surface area contributed by atoms with Gasteiger partial charge in [-0.3, -0.25) is 0 Å². The van der Waals surface area contributed by atoms with E-state index in [9.17, 15) is 0 Å². The van der Waals surface area contributed by atoms with Gasteiger partial charge in [-0.1, -0.05) is 39.7 Å². The topological polar surface area (TPSA) is 12.0 Å². The number of benzene rings is 2. The number of hydrogen-bond acceptors (Lipinski definition) is 1. The summed E-state index contributed by atoms with van der Waals surface area (Å²) < 4.78 is 2.36. The summed E-state index contributed by atoms with van der Waals surface area (Å²) in [5.74, 6) is 0. The van der Waals surface area contributed by atoms with E-state index in [1.807, 2.05) is 13.1 Å². The molecule has 20 heavy (non-hydrogen) atoms. The maximum Gasteiger partial charge on any atom is 0.0441 e. The van der Waals surface area contributed by atoms with Gasteiger partial charge < -0.3 is 5.32 Å². The smallest absolute Gasteiger partial charge is 0.0441 e. The Morgan fingerprint density at radius 2 is 2.00 bits per heavy atom. The van der Waals surface area contributed by atoms with Gasteiger partial charge in [-0.2, -0.15) is 0 Å². The van der Waals surface area contributed by atoms with Crippen molar-refractivity contribution >= 4 is 50.1 Å². The van der Waals surface area contributed by atoms with E-state index in [0.717, 1.165) is 15.9 Å².